The molecule has 0 saturated carbocycles. The van der Waals surface area contributed by atoms with Gasteiger partial charge in [0.05, 0.1) is 12.4 Å². The summed E-state index contributed by atoms with van der Waals surface area (Å²) < 4.78 is 29.9. The predicted molar refractivity (Wildman–Crippen MR) is 61.3 cm³/mol. The lowest BCUT2D eigenvalue weighted by Crippen LogP contribution is -2.33. The number of sulfonamides is 1. The van der Waals surface area contributed by atoms with E-state index in [0.717, 1.165) is 5.56 Å². The van der Waals surface area contributed by atoms with Crippen LogP contribution in [0.1, 0.15) is 18.6 Å². The summed E-state index contributed by atoms with van der Waals surface area (Å²) in [6.45, 7) is 2.15. The van der Waals surface area contributed by atoms with Gasteiger partial charge >= 0.3 is 0 Å². The second-order valence-electron chi connectivity index (χ2n) is 3.97. The van der Waals surface area contributed by atoms with Crippen molar-refractivity contribution in [2.75, 3.05) is 12.8 Å². The van der Waals surface area contributed by atoms with Crippen LogP contribution in [0.2, 0.25) is 0 Å². The van der Waals surface area contributed by atoms with Gasteiger partial charge in [0.1, 0.15) is 6.23 Å². The van der Waals surface area contributed by atoms with Crippen molar-refractivity contribution in [1.29, 1.82) is 0 Å². The maximum Gasteiger partial charge on any atom is 0.213 e. The second-order valence-corrected chi connectivity index (χ2v) is 5.90. The Bertz CT molecular complexity index is 457. The topological polar surface area (TPSA) is 46.6 Å². The van der Waals surface area contributed by atoms with E-state index in [1.54, 1.807) is 6.92 Å². The van der Waals surface area contributed by atoms with E-state index in [2.05, 4.69) is 0 Å². The van der Waals surface area contributed by atoms with E-state index in [0.29, 0.717) is 6.54 Å². The molecule has 1 aliphatic rings. The normalized spacial score (nSPS) is 27.1. The van der Waals surface area contributed by atoms with Crippen molar-refractivity contribution in [3.05, 3.63) is 35.9 Å². The van der Waals surface area contributed by atoms with E-state index in [-0.39, 0.29) is 12.3 Å². The number of hydrogen-bond donors (Lipinski definition) is 0. The van der Waals surface area contributed by atoms with Gasteiger partial charge in [-0.05, 0) is 12.5 Å². The fourth-order valence-corrected chi connectivity index (χ4v) is 2.91. The van der Waals surface area contributed by atoms with Crippen molar-refractivity contribution < 1.29 is 13.2 Å². The standard InChI is InChI=1S/C11H15NO3S/c1-9-12(16(2,13)14)8-11(15-9)10-6-4-3-5-7-10/h3-7,9,11H,8H2,1-2H3. The second kappa shape index (κ2) is 4.16. The zero-order valence-electron chi connectivity index (χ0n) is 9.33. The molecular formula is C11H15NO3S. The quantitative estimate of drug-likeness (QED) is 0.785. The highest BCUT2D eigenvalue weighted by molar-refractivity contribution is 7.88. The molecule has 88 valence electrons. The van der Waals surface area contributed by atoms with Crippen LogP contribution in [0.25, 0.3) is 0 Å². The third kappa shape index (κ3) is 2.26. The first-order valence-electron chi connectivity index (χ1n) is 5.15. The number of ether oxygens (including phenoxy) is 1. The molecule has 5 heteroatoms. The van der Waals surface area contributed by atoms with Crippen molar-refractivity contribution in [3.8, 4) is 0 Å². The molecule has 2 atom stereocenters. The molecule has 0 aliphatic carbocycles. The van der Waals surface area contributed by atoms with Gasteiger partial charge in [0, 0.05) is 6.54 Å². The average Bonchev–Trinajstić information content (AvgIpc) is 2.61. The molecule has 1 aromatic rings. The summed E-state index contributed by atoms with van der Waals surface area (Å²) in [4.78, 5) is 0. The Morgan fingerprint density at radius 1 is 1.31 bits per heavy atom. The van der Waals surface area contributed by atoms with Crippen molar-refractivity contribution in [1.82, 2.24) is 4.31 Å². The molecule has 0 N–H and O–H groups in total. The lowest BCUT2D eigenvalue weighted by Gasteiger charge is -2.15. The fraction of sp³-hybridized carbons (Fsp3) is 0.455. The molecule has 1 aliphatic heterocycles. The largest absolute Gasteiger partial charge is 0.353 e. The Morgan fingerprint density at radius 2 is 1.94 bits per heavy atom. The number of hydrogen-bond acceptors (Lipinski definition) is 3. The van der Waals surface area contributed by atoms with Crippen LogP contribution in [0.4, 0.5) is 0 Å². The third-order valence-corrected chi connectivity index (χ3v) is 4.01. The maximum atomic E-state index is 11.5. The van der Waals surface area contributed by atoms with Crippen molar-refractivity contribution in [3.63, 3.8) is 0 Å². The van der Waals surface area contributed by atoms with Gasteiger partial charge in [-0.25, -0.2) is 8.42 Å². The van der Waals surface area contributed by atoms with Crippen LogP contribution >= 0.6 is 0 Å². The molecular weight excluding hydrogens is 226 g/mol. The van der Waals surface area contributed by atoms with Gasteiger partial charge in [-0.15, -0.1) is 0 Å². The van der Waals surface area contributed by atoms with Gasteiger partial charge in [0.25, 0.3) is 0 Å². The van der Waals surface area contributed by atoms with E-state index in [1.807, 2.05) is 30.3 Å². The molecule has 0 amide bonds. The van der Waals surface area contributed by atoms with E-state index in [1.165, 1.54) is 10.6 Å². The molecule has 16 heavy (non-hydrogen) atoms. The molecule has 1 aromatic carbocycles. The Hall–Kier alpha value is -0.910. The Morgan fingerprint density at radius 3 is 2.44 bits per heavy atom. The van der Waals surface area contributed by atoms with E-state index in [4.69, 9.17) is 4.74 Å². The zero-order chi connectivity index (χ0) is 11.8. The average molecular weight is 241 g/mol. The van der Waals surface area contributed by atoms with E-state index in [9.17, 15) is 8.42 Å². The van der Waals surface area contributed by atoms with Gasteiger partial charge in [-0.2, -0.15) is 4.31 Å². The van der Waals surface area contributed by atoms with Gasteiger partial charge in [0.15, 0.2) is 0 Å². The minimum absolute atomic E-state index is 0.161. The smallest absolute Gasteiger partial charge is 0.213 e. The van der Waals surface area contributed by atoms with E-state index >= 15 is 0 Å². The highest BCUT2D eigenvalue weighted by Crippen LogP contribution is 2.29. The molecule has 0 bridgehead atoms. The summed E-state index contributed by atoms with van der Waals surface area (Å²) in [7, 11) is -3.18. The number of benzene rings is 1. The van der Waals surface area contributed by atoms with Crippen LogP contribution in [-0.2, 0) is 14.8 Å². The zero-order valence-corrected chi connectivity index (χ0v) is 10.1. The third-order valence-electron chi connectivity index (χ3n) is 2.71. The van der Waals surface area contributed by atoms with Gasteiger partial charge in [0.2, 0.25) is 10.0 Å². The minimum atomic E-state index is -3.18. The molecule has 0 spiro atoms. The molecule has 1 heterocycles. The van der Waals surface area contributed by atoms with Crippen LogP contribution in [0.5, 0.6) is 0 Å². The molecule has 2 unspecified atom stereocenters. The van der Waals surface area contributed by atoms with Crippen molar-refractivity contribution in [2.45, 2.75) is 19.3 Å². The number of nitrogens with zero attached hydrogens (tertiary/aromatic N) is 1. The minimum Gasteiger partial charge on any atom is -0.353 e. The van der Waals surface area contributed by atoms with Crippen LogP contribution in [-0.4, -0.2) is 31.8 Å². The summed E-state index contributed by atoms with van der Waals surface area (Å²) in [5.74, 6) is 0. The summed E-state index contributed by atoms with van der Waals surface area (Å²) in [5.41, 5.74) is 1.01. The Kier molecular flexibility index (Phi) is 3.01. The monoisotopic (exact) mass is 241 g/mol. The first kappa shape index (κ1) is 11.6. The van der Waals surface area contributed by atoms with Gasteiger partial charge in [-0.3, -0.25) is 0 Å². The molecule has 4 nitrogen and oxygen atoms in total. The summed E-state index contributed by atoms with van der Waals surface area (Å²) >= 11 is 0. The van der Waals surface area contributed by atoms with Crippen molar-refractivity contribution >= 4 is 10.0 Å². The van der Waals surface area contributed by atoms with E-state index < -0.39 is 10.0 Å². The fourth-order valence-electron chi connectivity index (χ4n) is 1.92. The SMILES string of the molecule is CC1OC(c2ccccc2)CN1S(C)(=O)=O. The van der Waals surface area contributed by atoms with Crippen LogP contribution in [0.15, 0.2) is 30.3 Å². The van der Waals surface area contributed by atoms with Gasteiger partial charge in [-0.1, -0.05) is 30.3 Å². The molecule has 1 saturated heterocycles. The summed E-state index contributed by atoms with van der Waals surface area (Å²) in [5, 5.41) is 0. The molecule has 1 fully saturated rings. The predicted octanol–water partition coefficient (Wildman–Crippen LogP) is 1.37. The van der Waals surface area contributed by atoms with Gasteiger partial charge < -0.3 is 4.74 Å². The molecule has 0 aromatic heterocycles. The van der Waals surface area contributed by atoms with Crippen LogP contribution in [0, 0.1) is 0 Å². The summed E-state index contributed by atoms with van der Waals surface area (Å²) in [6.07, 6.45) is 0.659. The van der Waals surface area contributed by atoms with Crippen molar-refractivity contribution in [2.24, 2.45) is 0 Å². The number of rotatable bonds is 2. The van der Waals surface area contributed by atoms with Crippen LogP contribution in [0.3, 0.4) is 0 Å². The highest BCUT2D eigenvalue weighted by Gasteiger charge is 2.36. The lowest BCUT2D eigenvalue weighted by molar-refractivity contribution is 0.0346. The first-order valence-corrected chi connectivity index (χ1v) is 7.00. The van der Waals surface area contributed by atoms with Crippen LogP contribution < -0.4 is 0 Å². The first-order chi connectivity index (χ1) is 7.48. The highest BCUT2D eigenvalue weighted by atomic mass is 32.2. The lowest BCUT2D eigenvalue weighted by atomic mass is 10.1. The summed E-state index contributed by atoms with van der Waals surface area (Å²) in [6, 6.07) is 9.67. The Balaban J connectivity index is 2.19. The molecule has 2 rings (SSSR count). The molecule has 0 radical (unpaired) electrons. The maximum absolute atomic E-state index is 11.5. The Labute approximate surface area is 95.9 Å².